The lowest BCUT2D eigenvalue weighted by atomic mass is 10.2. The SMILES string of the molecule is Cc1ccccc1-n1nc(C)c(C(=O)Cl)n1. The standard InChI is InChI=1S/C11H10ClN3O/c1-7-5-3-4-6-9(7)15-13-8(2)10(14-15)11(12)16/h3-6H,1-2H3. The molecule has 2 aromatic rings. The smallest absolute Gasteiger partial charge is 0.274 e. The van der Waals surface area contributed by atoms with Gasteiger partial charge in [0.25, 0.3) is 5.24 Å². The lowest BCUT2D eigenvalue weighted by Crippen LogP contribution is -2.02. The molecule has 0 N–H and O–H groups in total. The van der Waals surface area contributed by atoms with Gasteiger partial charge in [-0.15, -0.1) is 5.10 Å². The minimum atomic E-state index is -0.586. The Balaban J connectivity index is 2.54. The van der Waals surface area contributed by atoms with E-state index in [2.05, 4.69) is 10.2 Å². The highest BCUT2D eigenvalue weighted by molar-refractivity contribution is 6.67. The van der Waals surface area contributed by atoms with Crippen LogP contribution in [0.15, 0.2) is 24.3 Å². The van der Waals surface area contributed by atoms with Crippen LogP contribution in [-0.2, 0) is 0 Å². The number of carbonyl (C=O) groups is 1. The second kappa shape index (κ2) is 4.06. The molecule has 16 heavy (non-hydrogen) atoms. The molecule has 0 aliphatic rings. The molecule has 4 nitrogen and oxygen atoms in total. The van der Waals surface area contributed by atoms with E-state index >= 15 is 0 Å². The van der Waals surface area contributed by atoms with Crippen LogP contribution in [0.1, 0.15) is 21.7 Å². The zero-order chi connectivity index (χ0) is 11.7. The van der Waals surface area contributed by atoms with Gasteiger partial charge in [-0.1, -0.05) is 18.2 Å². The number of nitrogens with zero attached hydrogens (tertiary/aromatic N) is 3. The van der Waals surface area contributed by atoms with Crippen molar-refractivity contribution in [1.29, 1.82) is 0 Å². The first-order chi connectivity index (χ1) is 7.59. The number of aryl methyl sites for hydroxylation is 2. The van der Waals surface area contributed by atoms with Gasteiger partial charge < -0.3 is 0 Å². The first kappa shape index (κ1) is 10.8. The summed E-state index contributed by atoms with van der Waals surface area (Å²) in [6, 6.07) is 7.67. The summed E-state index contributed by atoms with van der Waals surface area (Å²) in [7, 11) is 0. The van der Waals surface area contributed by atoms with Crippen molar-refractivity contribution in [3.63, 3.8) is 0 Å². The number of hydrogen-bond acceptors (Lipinski definition) is 3. The van der Waals surface area contributed by atoms with Crippen molar-refractivity contribution in [2.75, 3.05) is 0 Å². The predicted octanol–water partition coefficient (Wildman–Crippen LogP) is 2.26. The van der Waals surface area contributed by atoms with Gasteiger partial charge in [0.2, 0.25) is 0 Å². The first-order valence-corrected chi connectivity index (χ1v) is 5.17. The second-order valence-corrected chi connectivity index (χ2v) is 3.83. The van der Waals surface area contributed by atoms with Gasteiger partial charge >= 0.3 is 0 Å². The van der Waals surface area contributed by atoms with Crippen molar-refractivity contribution in [2.45, 2.75) is 13.8 Å². The Kier molecular flexibility index (Phi) is 2.75. The first-order valence-electron chi connectivity index (χ1n) is 4.79. The van der Waals surface area contributed by atoms with Crippen LogP contribution >= 0.6 is 11.6 Å². The van der Waals surface area contributed by atoms with E-state index in [0.29, 0.717) is 5.69 Å². The quantitative estimate of drug-likeness (QED) is 0.751. The van der Waals surface area contributed by atoms with Crippen molar-refractivity contribution in [3.05, 3.63) is 41.2 Å². The zero-order valence-electron chi connectivity index (χ0n) is 8.94. The van der Waals surface area contributed by atoms with E-state index in [9.17, 15) is 4.79 Å². The molecule has 2 rings (SSSR count). The summed E-state index contributed by atoms with van der Waals surface area (Å²) in [4.78, 5) is 12.5. The number of hydrogen-bond donors (Lipinski definition) is 0. The molecule has 5 heteroatoms. The molecule has 0 aliphatic carbocycles. The number of aromatic nitrogens is 3. The van der Waals surface area contributed by atoms with Crippen LogP contribution in [0.25, 0.3) is 5.69 Å². The minimum Gasteiger partial charge on any atom is -0.274 e. The zero-order valence-corrected chi connectivity index (χ0v) is 9.69. The molecule has 0 amide bonds. The fraction of sp³-hybridized carbons (Fsp3) is 0.182. The summed E-state index contributed by atoms with van der Waals surface area (Å²) >= 11 is 5.39. The topological polar surface area (TPSA) is 47.8 Å². The summed E-state index contributed by atoms with van der Waals surface area (Å²) in [5, 5.41) is 7.64. The third-order valence-corrected chi connectivity index (χ3v) is 2.48. The Morgan fingerprint density at radius 1 is 1.25 bits per heavy atom. The monoisotopic (exact) mass is 235 g/mol. The second-order valence-electron chi connectivity index (χ2n) is 3.48. The van der Waals surface area contributed by atoms with E-state index in [1.807, 2.05) is 31.2 Å². The van der Waals surface area contributed by atoms with E-state index in [4.69, 9.17) is 11.6 Å². The van der Waals surface area contributed by atoms with Crippen LogP contribution in [0.5, 0.6) is 0 Å². The number of carbonyl (C=O) groups excluding carboxylic acids is 1. The van der Waals surface area contributed by atoms with Gasteiger partial charge in [-0.2, -0.15) is 9.90 Å². The summed E-state index contributed by atoms with van der Waals surface area (Å²) in [5.41, 5.74) is 2.61. The average molecular weight is 236 g/mol. The molecule has 0 atom stereocenters. The van der Waals surface area contributed by atoms with Gasteiger partial charge in [-0.25, -0.2) is 0 Å². The van der Waals surface area contributed by atoms with Gasteiger partial charge in [0.1, 0.15) is 0 Å². The minimum absolute atomic E-state index is 0.199. The highest BCUT2D eigenvalue weighted by Gasteiger charge is 2.14. The molecule has 82 valence electrons. The summed E-state index contributed by atoms with van der Waals surface area (Å²) in [6.45, 7) is 3.66. The molecule has 0 bridgehead atoms. The maximum Gasteiger partial charge on any atom is 0.274 e. The number of rotatable bonds is 2. The summed E-state index contributed by atoms with van der Waals surface area (Å²) < 4.78 is 0. The van der Waals surface area contributed by atoms with Crippen LogP contribution in [-0.4, -0.2) is 20.2 Å². The van der Waals surface area contributed by atoms with Crippen molar-refractivity contribution in [2.24, 2.45) is 0 Å². The number of halogens is 1. The Labute approximate surface area is 97.8 Å². The molecule has 1 heterocycles. The molecule has 0 aliphatic heterocycles. The molecule has 0 saturated carbocycles. The van der Waals surface area contributed by atoms with Crippen molar-refractivity contribution >= 4 is 16.8 Å². The van der Waals surface area contributed by atoms with Crippen molar-refractivity contribution in [3.8, 4) is 5.69 Å². The Hall–Kier alpha value is -1.68. The van der Waals surface area contributed by atoms with Crippen molar-refractivity contribution in [1.82, 2.24) is 15.0 Å². The third kappa shape index (κ3) is 1.84. The van der Waals surface area contributed by atoms with E-state index in [-0.39, 0.29) is 5.69 Å². The normalized spacial score (nSPS) is 10.4. The largest absolute Gasteiger partial charge is 0.274 e. The lowest BCUT2D eigenvalue weighted by molar-refractivity contribution is 0.107. The van der Waals surface area contributed by atoms with Crippen LogP contribution in [0.4, 0.5) is 0 Å². The van der Waals surface area contributed by atoms with Gasteiger partial charge in [0, 0.05) is 0 Å². The van der Waals surface area contributed by atoms with E-state index < -0.39 is 5.24 Å². The third-order valence-electron chi connectivity index (χ3n) is 2.30. The maximum absolute atomic E-state index is 11.0. The summed E-state index contributed by atoms with van der Waals surface area (Å²) in [6.07, 6.45) is 0. The Morgan fingerprint density at radius 2 is 1.94 bits per heavy atom. The van der Waals surface area contributed by atoms with Gasteiger partial charge in [0.05, 0.1) is 11.4 Å². The van der Waals surface area contributed by atoms with Crippen LogP contribution in [0.2, 0.25) is 0 Å². The summed E-state index contributed by atoms with van der Waals surface area (Å²) in [5.74, 6) is 0. The van der Waals surface area contributed by atoms with E-state index in [1.165, 1.54) is 4.80 Å². The predicted molar refractivity (Wildman–Crippen MR) is 61.0 cm³/mol. The average Bonchev–Trinajstić information content (AvgIpc) is 2.61. The van der Waals surface area contributed by atoms with Gasteiger partial charge in [-0.05, 0) is 37.1 Å². The number of para-hydroxylation sites is 1. The van der Waals surface area contributed by atoms with Crippen LogP contribution in [0.3, 0.4) is 0 Å². The fourth-order valence-corrected chi connectivity index (χ4v) is 1.63. The molecule has 0 spiro atoms. The fourth-order valence-electron chi connectivity index (χ4n) is 1.46. The highest BCUT2D eigenvalue weighted by atomic mass is 35.5. The van der Waals surface area contributed by atoms with Crippen LogP contribution < -0.4 is 0 Å². The van der Waals surface area contributed by atoms with E-state index in [0.717, 1.165) is 11.3 Å². The molecule has 1 aromatic carbocycles. The number of benzene rings is 1. The Bertz CT molecular complexity index is 548. The maximum atomic E-state index is 11.0. The highest BCUT2D eigenvalue weighted by Crippen LogP contribution is 2.13. The molecule has 0 radical (unpaired) electrons. The van der Waals surface area contributed by atoms with Crippen LogP contribution in [0, 0.1) is 13.8 Å². The van der Waals surface area contributed by atoms with Gasteiger partial charge in [0.15, 0.2) is 5.69 Å². The lowest BCUT2D eigenvalue weighted by Gasteiger charge is -2.02. The molecule has 0 fully saturated rings. The molecule has 1 aromatic heterocycles. The molecule has 0 unspecified atom stereocenters. The molecule has 0 saturated heterocycles. The van der Waals surface area contributed by atoms with E-state index in [1.54, 1.807) is 6.92 Å². The molecular weight excluding hydrogens is 226 g/mol. The van der Waals surface area contributed by atoms with Crippen molar-refractivity contribution < 1.29 is 4.79 Å². The Morgan fingerprint density at radius 3 is 2.50 bits per heavy atom. The van der Waals surface area contributed by atoms with Gasteiger partial charge in [-0.3, -0.25) is 4.79 Å². The molecular formula is C11H10ClN3O.